The third kappa shape index (κ3) is 6.75. The van der Waals surface area contributed by atoms with Crippen molar-refractivity contribution in [1.29, 1.82) is 0 Å². The Morgan fingerprint density at radius 3 is 2.21 bits per heavy atom. The Morgan fingerprint density at radius 1 is 0.929 bits per heavy atom. The summed E-state index contributed by atoms with van der Waals surface area (Å²) in [6.07, 6.45) is 0.306. The molecule has 0 spiro atoms. The van der Waals surface area contributed by atoms with E-state index >= 15 is 0 Å². The van der Waals surface area contributed by atoms with Crippen LogP contribution in [-0.4, -0.2) is 44.7 Å². The number of carbonyl (C=O) groups is 3. The van der Waals surface area contributed by atoms with Crippen LogP contribution < -0.4 is 10.1 Å². The van der Waals surface area contributed by atoms with E-state index < -0.39 is 30.5 Å². The van der Waals surface area contributed by atoms with Gasteiger partial charge in [0.1, 0.15) is 11.8 Å². The molecule has 2 rings (SSSR count). The molecule has 0 aliphatic rings. The highest BCUT2D eigenvalue weighted by atomic mass is 16.5. The van der Waals surface area contributed by atoms with Gasteiger partial charge in [0.05, 0.1) is 20.6 Å². The summed E-state index contributed by atoms with van der Waals surface area (Å²) in [5.41, 5.74) is 1.61. The van der Waals surface area contributed by atoms with Crippen LogP contribution in [0.3, 0.4) is 0 Å². The lowest BCUT2D eigenvalue weighted by molar-refractivity contribution is -0.149. The maximum Gasteiger partial charge on any atom is 0.328 e. The van der Waals surface area contributed by atoms with E-state index in [1.54, 1.807) is 31.4 Å². The zero-order valence-corrected chi connectivity index (χ0v) is 15.8. The van der Waals surface area contributed by atoms with E-state index in [1.165, 1.54) is 7.11 Å². The van der Waals surface area contributed by atoms with Gasteiger partial charge < -0.3 is 19.5 Å². The molecule has 28 heavy (non-hydrogen) atoms. The van der Waals surface area contributed by atoms with Crippen LogP contribution in [0.2, 0.25) is 0 Å². The van der Waals surface area contributed by atoms with Crippen molar-refractivity contribution in [2.24, 2.45) is 0 Å². The van der Waals surface area contributed by atoms with Crippen molar-refractivity contribution in [2.75, 3.05) is 20.8 Å². The number of esters is 2. The van der Waals surface area contributed by atoms with Crippen LogP contribution in [0, 0.1) is 0 Å². The number of benzene rings is 2. The third-order valence-corrected chi connectivity index (χ3v) is 3.98. The van der Waals surface area contributed by atoms with Crippen molar-refractivity contribution in [3.63, 3.8) is 0 Å². The monoisotopic (exact) mass is 385 g/mol. The fraction of sp³-hybridized carbons (Fsp3) is 0.286. The Kier molecular flexibility index (Phi) is 8.02. The van der Waals surface area contributed by atoms with Gasteiger partial charge in [-0.3, -0.25) is 9.59 Å². The lowest BCUT2D eigenvalue weighted by atomic mass is 10.1. The third-order valence-electron chi connectivity index (χ3n) is 3.98. The molecule has 0 bridgehead atoms. The number of carbonyl (C=O) groups excluding carboxylic acids is 3. The number of methoxy groups -OCH3 is 2. The first-order valence-electron chi connectivity index (χ1n) is 8.71. The minimum atomic E-state index is -0.861. The first kappa shape index (κ1) is 21.0. The summed E-state index contributed by atoms with van der Waals surface area (Å²) in [4.78, 5) is 35.9. The van der Waals surface area contributed by atoms with E-state index in [-0.39, 0.29) is 12.8 Å². The summed E-state index contributed by atoms with van der Waals surface area (Å²) in [5.74, 6) is -1.00. The minimum absolute atomic E-state index is 0.0295. The molecule has 0 radical (unpaired) electrons. The van der Waals surface area contributed by atoms with Crippen molar-refractivity contribution in [2.45, 2.75) is 18.9 Å². The Hall–Kier alpha value is -3.35. The molecule has 0 aliphatic heterocycles. The maximum atomic E-state index is 12.1. The smallest absolute Gasteiger partial charge is 0.328 e. The highest BCUT2D eigenvalue weighted by Crippen LogP contribution is 2.12. The first-order valence-corrected chi connectivity index (χ1v) is 8.71. The summed E-state index contributed by atoms with van der Waals surface area (Å²) in [6, 6.07) is 15.3. The number of nitrogens with one attached hydrogen (secondary N) is 1. The first-order chi connectivity index (χ1) is 13.5. The van der Waals surface area contributed by atoms with E-state index in [9.17, 15) is 14.4 Å². The van der Waals surface area contributed by atoms with Gasteiger partial charge in [-0.25, -0.2) is 4.79 Å². The molecular weight excluding hydrogens is 362 g/mol. The lowest BCUT2D eigenvalue weighted by Gasteiger charge is -2.16. The number of rotatable bonds is 9. The largest absolute Gasteiger partial charge is 0.497 e. The normalized spacial score (nSPS) is 11.2. The van der Waals surface area contributed by atoms with Gasteiger partial charge in [-0.15, -0.1) is 0 Å². The predicted molar refractivity (Wildman–Crippen MR) is 102 cm³/mol. The van der Waals surface area contributed by atoms with Crippen molar-refractivity contribution in [1.82, 2.24) is 5.32 Å². The Bertz CT molecular complexity index is 788. The maximum absolute atomic E-state index is 12.1. The molecule has 1 N–H and O–H groups in total. The molecule has 2 aromatic rings. The molecule has 1 atom stereocenters. The average Bonchev–Trinajstić information content (AvgIpc) is 2.72. The van der Waals surface area contributed by atoms with Crippen molar-refractivity contribution < 1.29 is 28.6 Å². The van der Waals surface area contributed by atoms with Gasteiger partial charge in [-0.05, 0) is 23.3 Å². The minimum Gasteiger partial charge on any atom is -0.497 e. The second kappa shape index (κ2) is 10.7. The number of ether oxygens (including phenoxy) is 3. The van der Waals surface area contributed by atoms with Crippen molar-refractivity contribution >= 4 is 17.8 Å². The van der Waals surface area contributed by atoms with Crippen LogP contribution in [0.15, 0.2) is 54.6 Å². The molecule has 0 aliphatic carbocycles. The lowest BCUT2D eigenvalue weighted by Crippen LogP contribution is -2.44. The molecule has 0 fully saturated rings. The molecular formula is C21H23NO6. The highest BCUT2D eigenvalue weighted by molar-refractivity contribution is 5.86. The number of amides is 1. The van der Waals surface area contributed by atoms with Crippen LogP contribution in [0.4, 0.5) is 0 Å². The van der Waals surface area contributed by atoms with Crippen molar-refractivity contribution in [3.8, 4) is 5.75 Å². The van der Waals surface area contributed by atoms with E-state index in [0.29, 0.717) is 5.75 Å². The Balaban J connectivity index is 1.84. The van der Waals surface area contributed by atoms with Gasteiger partial charge in [0.2, 0.25) is 0 Å². The van der Waals surface area contributed by atoms with Gasteiger partial charge in [0.25, 0.3) is 5.91 Å². The molecule has 0 unspecified atom stereocenters. The second-order valence-electron chi connectivity index (χ2n) is 6.02. The molecule has 0 heterocycles. The van der Waals surface area contributed by atoms with Gasteiger partial charge in [0.15, 0.2) is 6.61 Å². The molecule has 0 saturated carbocycles. The topological polar surface area (TPSA) is 90.9 Å². The number of hydrogen-bond donors (Lipinski definition) is 1. The van der Waals surface area contributed by atoms with Crippen LogP contribution in [0.1, 0.15) is 11.1 Å². The van der Waals surface area contributed by atoms with E-state index in [1.807, 2.05) is 30.3 Å². The molecule has 2 aromatic carbocycles. The second-order valence-corrected chi connectivity index (χ2v) is 6.02. The zero-order valence-electron chi connectivity index (χ0n) is 15.8. The van der Waals surface area contributed by atoms with Gasteiger partial charge in [-0.1, -0.05) is 42.5 Å². The van der Waals surface area contributed by atoms with E-state index in [2.05, 4.69) is 5.32 Å². The van der Waals surface area contributed by atoms with Crippen LogP contribution in [-0.2, 0) is 36.7 Å². The molecule has 7 nitrogen and oxygen atoms in total. The fourth-order valence-electron chi connectivity index (χ4n) is 2.53. The summed E-state index contributed by atoms with van der Waals surface area (Å²) in [6.45, 7) is -0.475. The van der Waals surface area contributed by atoms with Crippen LogP contribution in [0.25, 0.3) is 0 Å². The quantitative estimate of drug-likeness (QED) is 0.661. The van der Waals surface area contributed by atoms with E-state index in [4.69, 9.17) is 14.2 Å². The van der Waals surface area contributed by atoms with Gasteiger partial charge in [0, 0.05) is 6.42 Å². The molecule has 148 valence electrons. The molecule has 1 amide bonds. The summed E-state index contributed by atoms with van der Waals surface area (Å²) >= 11 is 0. The van der Waals surface area contributed by atoms with E-state index in [0.717, 1.165) is 11.1 Å². The predicted octanol–water partition coefficient (Wildman–Crippen LogP) is 1.68. The fourth-order valence-corrected chi connectivity index (χ4v) is 2.53. The van der Waals surface area contributed by atoms with Gasteiger partial charge in [-0.2, -0.15) is 0 Å². The summed E-state index contributed by atoms with van der Waals surface area (Å²) < 4.78 is 14.8. The standard InChI is InChI=1S/C21H23NO6/c1-26-17-10-8-16(9-11-17)13-20(24)28-14-19(23)22-18(21(25)27-2)12-15-6-4-3-5-7-15/h3-11,18H,12-14H2,1-2H3,(H,22,23)/t18-/m0/s1. The number of hydrogen-bond acceptors (Lipinski definition) is 6. The van der Waals surface area contributed by atoms with Crippen LogP contribution >= 0.6 is 0 Å². The Morgan fingerprint density at radius 2 is 1.61 bits per heavy atom. The SMILES string of the molecule is COC(=O)[C@H](Cc1ccccc1)NC(=O)COC(=O)Cc1ccc(OC)cc1. The Labute approximate surface area is 163 Å². The molecule has 0 saturated heterocycles. The highest BCUT2D eigenvalue weighted by Gasteiger charge is 2.22. The molecule has 0 aromatic heterocycles. The van der Waals surface area contributed by atoms with Gasteiger partial charge >= 0.3 is 11.9 Å². The summed E-state index contributed by atoms with van der Waals surface area (Å²) in [7, 11) is 2.81. The zero-order chi connectivity index (χ0) is 20.4. The summed E-state index contributed by atoms with van der Waals surface area (Å²) in [5, 5.41) is 2.54. The van der Waals surface area contributed by atoms with Crippen molar-refractivity contribution in [3.05, 3.63) is 65.7 Å². The van der Waals surface area contributed by atoms with Crippen LogP contribution in [0.5, 0.6) is 5.75 Å². The molecule has 7 heteroatoms. The average molecular weight is 385 g/mol.